The molecule has 0 bridgehead atoms. The van der Waals surface area contributed by atoms with Gasteiger partial charge in [0, 0.05) is 25.2 Å². The maximum Gasteiger partial charge on any atom is 0.326 e. The average molecular weight is 278 g/mol. The molecule has 2 N–H and O–H groups in total. The highest BCUT2D eigenvalue weighted by molar-refractivity contribution is 5.96. The van der Waals surface area contributed by atoms with Crippen LogP contribution in [0.15, 0.2) is 18.3 Å². The Morgan fingerprint density at radius 3 is 2.65 bits per heavy atom. The lowest BCUT2D eigenvalue weighted by Crippen LogP contribution is -2.41. The predicted octanol–water partition coefficient (Wildman–Crippen LogP) is 0.873. The second kappa shape index (κ2) is 4.94. The summed E-state index contributed by atoms with van der Waals surface area (Å²) in [6.07, 6.45) is 4.49. The van der Waals surface area contributed by atoms with Crippen molar-refractivity contribution in [2.75, 3.05) is 6.54 Å². The first-order valence-corrected chi connectivity index (χ1v) is 6.96. The van der Waals surface area contributed by atoms with Crippen LogP contribution in [-0.4, -0.2) is 50.2 Å². The molecule has 3 rings (SSSR count). The van der Waals surface area contributed by atoms with Gasteiger partial charge in [0.1, 0.15) is 11.7 Å². The number of carbonyl (C=O) groups excluding carboxylic acids is 1. The molecule has 1 saturated heterocycles. The molecule has 0 unspecified atom stereocenters. The van der Waals surface area contributed by atoms with Crippen molar-refractivity contribution in [1.82, 2.24) is 9.47 Å². The van der Waals surface area contributed by atoms with E-state index in [1.54, 1.807) is 6.07 Å². The third-order valence-corrected chi connectivity index (χ3v) is 4.29. The molecule has 1 aromatic heterocycles. The molecule has 2 heterocycles. The first-order chi connectivity index (χ1) is 9.58. The normalized spacial score (nSPS) is 26.6. The zero-order valence-corrected chi connectivity index (χ0v) is 11.1. The molecule has 6 heteroatoms. The van der Waals surface area contributed by atoms with E-state index in [1.807, 2.05) is 16.8 Å². The molecule has 0 spiro atoms. The lowest BCUT2D eigenvalue weighted by molar-refractivity contribution is -0.141. The lowest BCUT2D eigenvalue weighted by Gasteiger charge is -2.30. The van der Waals surface area contributed by atoms with Crippen molar-refractivity contribution in [3.8, 4) is 0 Å². The molecule has 1 aliphatic carbocycles. The Balaban J connectivity index is 1.85. The van der Waals surface area contributed by atoms with Crippen LogP contribution in [0.4, 0.5) is 0 Å². The molecule has 6 nitrogen and oxygen atoms in total. The van der Waals surface area contributed by atoms with Gasteiger partial charge in [0.05, 0.1) is 6.10 Å². The first kappa shape index (κ1) is 13.2. The summed E-state index contributed by atoms with van der Waals surface area (Å²) in [6, 6.07) is 2.96. The minimum atomic E-state index is -1.06. The van der Waals surface area contributed by atoms with Crippen molar-refractivity contribution in [1.29, 1.82) is 0 Å². The highest BCUT2D eigenvalue weighted by atomic mass is 16.4. The zero-order chi connectivity index (χ0) is 14.3. The Kier molecular flexibility index (Phi) is 3.25. The summed E-state index contributed by atoms with van der Waals surface area (Å²) in [6.45, 7) is 0.0889. The number of carboxylic acid groups (broad SMARTS) is 1. The van der Waals surface area contributed by atoms with Crippen LogP contribution in [0.3, 0.4) is 0 Å². The van der Waals surface area contributed by atoms with Crippen molar-refractivity contribution in [2.45, 2.75) is 43.9 Å². The van der Waals surface area contributed by atoms with E-state index in [-0.39, 0.29) is 18.9 Å². The van der Waals surface area contributed by atoms with Crippen molar-refractivity contribution in [3.63, 3.8) is 0 Å². The summed E-state index contributed by atoms with van der Waals surface area (Å²) in [4.78, 5) is 25.0. The van der Waals surface area contributed by atoms with Crippen LogP contribution in [0.1, 0.15) is 42.2 Å². The van der Waals surface area contributed by atoms with E-state index in [1.165, 1.54) is 4.90 Å². The van der Waals surface area contributed by atoms with Gasteiger partial charge in [-0.3, -0.25) is 4.79 Å². The van der Waals surface area contributed by atoms with Crippen LogP contribution in [0.2, 0.25) is 0 Å². The Labute approximate surface area is 116 Å². The topological polar surface area (TPSA) is 82.8 Å². The summed E-state index contributed by atoms with van der Waals surface area (Å²) < 4.78 is 1.94. The number of β-amino-alcohol motifs (C(OH)–C–C–N with tert-alkyl or cyclic N) is 1. The molecule has 0 radical (unpaired) electrons. The van der Waals surface area contributed by atoms with Crippen LogP contribution < -0.4 is 0 Å². The number of hydrogen-bond acceptors (Lipinski definition) is 3. The number of aliphatic hydroxyl groups excluding tert-OH is 1. The fourth-order valence-electron chi connectivity index (χ4n) is 2.98. The minimum Gasteiger partial charge on any atom is -0.480 e. The molecule has 1 aliphatic heterocycles. The highest BCUT2D eigenvalue weighted by Crippen LogP contribution is 2.33. The van der Waals surface area contributed by atoms with Gasteiger partial charge in [0.2, 0.25) is 0 Å². The second-order valence-corrected chi connectivity index (χ2v) is 5.59. The van der Waals surface area contributed by atoms with Gasteiger partial charge >= 0.3 is 5.97 Å². The van der Waals surface area contributed by atoms with E-state index in [0.29, 0.717) is 11.7 Å². The molecule has 2 fully saturated rings. The van der Waals surface area contributed by atoms with Gasteiger partial charge in [-0.25, -0.2) is 4.79 Å². The first-order valence-electron chi connectivity index (χ1n) is 6.96. The molecule has 2 aliphatic rings. The monoisotopic (exact) mass is 278 g/mol. The highest BCUT2D eigenvalue weighted by Gasteiger charge is 2.40. The van der Waals surface area contributed by atoms with Gasteiger partial charge in [-0.05, 0) is 31.4 Å². The number of hydrogen-bond donors (Lipinski definition) is 2. The molecule has 20 heavy (non-hydrogen) atoms. The van der Waals surface area contributed by atoms with E-state index < -0.39 is 18.1 Å². The zero-order valence-electron chi connectivity index (χ0n) is 11.1. The Hall–Kier alpha value is -1.82. The van der Waals surface area contributed by atoms with Gasteiger partial charge in [0.15, 0.2) is 0 Å². The fraction of sp³-hybridized carbons (Fsp3) is 0.571. The SMILES string of the molecule is O=C(O)[C@H]1C[C@@H](O)CN1C(=O)c1cccn1C1CCC1. The Morgan fingerprint density at radius 1 is 1.30 bits per heavy atom. The van der Waals surface area contributed by atoms with Crippen LogP contribution >= 0.6 is 0 Å². The number of rotatable bonds is 3. The van der Waals surface area contributed by atoms with E-state index in [9.17, 15) is 19.8 Å². The van der Waals surface area contributed by atoms with Gasteiger partial charge in [-0.2, -0.15) is 0 Å². The summed E-state index contributed by atoms with van der Waals surface area (Å²) in [5.74, 6) is -1.36. The van der Waals surface area contributed by atoms with Crippen LogP contribution in [-0.2, 0) is 4.79 Å². The van der Waals surface area contributed by atoms with Crippen molar-refractivity contribution >= 4 is 11.9 Å². The maximum atomic E-state index is 12.6. The van der Waals surface area contributed by atoms with Gasteiger partial charge in [-0.1, -0.05) is 0 Å². The largest absolute Gasteiger partial charge is 0.480 e. The quantitative estimate of drug-likeness (QED) is 0.859. The number of carbonyl (C=O) groups is 2. The Morgan fingerprint density at radius 2 is 2.05 bits per heavy atom. The summed E-state index contributed by atoms with van der Waals surface area (Å²) in [7, 11) is 0. The number of aliphatic hydroxyl groups is 1. The van der Waals surface area contributed by atoms with Gasteiger partial charge in [-0.15, -0.1) is 0 Å². The molecule has 108 valence electrons. The van der Waals surface area contributed by atoms with Gasteiger partial charge in [0.25, 0.3) is 5.91 Å². The van der Waals surface area contributed by atoms with Crippen LogP contribution in [0.25, 0.3) is 0 Å². The summed E-state index contributed by atoms with van der Waals surface area (Å²) in [5, 5.41) is 18.8. The predicted molar refractivity (Wildman–Crippen MR) is 70.4 cm³/mol. The third kappa shape index (κ3) is 2.10. The number of aromatic nitrogens is 1. The average Bonchev–Trinajstić information content (AvgIpc) is 2.93. The van der Waals surface area contributed by atoms with E-state index in [4.69, 9.17) is 0 Å². The number of amides is 1. The number of nitrogens with zero attached hydrogens (tertiary/aromatic N) is 2. The maximum absolute atomic E-state index is 12.6. The number of aliphatic carboxylic acids is 1. The number of carboxylic acids is 1. The minimum absolute atomic E-state index is 0.0889. The molecule has 1 amide bonds. The third-order valence-electron chi connectivity index (χ3n) is 4.29. The van der Waals surface area contributed by atoms with Crippen molar-refractivity contribution < 1.29 is 19.8 Å². The fourth-order valence-corrected chi connectivity index (χ4v) is 2.98. The molecule has 1 aromatic rings. The van der Waals surface area contributed by atoms with Crippen molar-refractivity contribution in [2.24, 2.45) is 0 Å². The molecular weight excluding hydrogens is 260 g/mol. The number of likely N-dealkylation sites (tertiary alicyclic amines) is 1. The van der Waals surface area contributed by atoms with E-state index in [0.717, 1.165) is 19.3 Å². The smallest absolute Gasteiger partial charge is 0.326 e. The summed E-state index contributed by atoms with van der Waals surface area (Å²) in [5.41, 5.74) is 0.523. The molecular formula is C14H18N2O4. The molecule has 0 aromatic carbocycles. The second-order valence-electron chi connectivity index (χ2n) is 5.59. The summed E-state index contributed by atoms with van der Waals surface area (Å²) >= 11 is 0. The standard InChI is InChI=1S/C14H18N2O4/c17-10-7-12(14(19)20)16(8-10)13(18)11-5-2-6-15(11)9-3-1-4-9/h2,5-6,9-10,12,17H,1,3-4,7-8H2,(H,19,20)/t10-,12-/m1/s1. The lowest BCUT2D eigenvalue weighted by atomic mass is 9.93. The van der Waals surface area contributed by atoms with Crippen LogP contribution in [0.5, 0.6) is 0 Å². The Bertz CT molecular complexity index is 535. The van der Waals surface area contributed by atoms with Crippen LogP contribution in [0, 0.1) is 0 Å². The van der Waals surface area contributed by atoms with E-state index in [2.05, 4.69) is 0 Å². The van der Waals surface area contributed by atoms with Gasteiger partial charge < -0.3 is 19.7 Å². The molecule has 2 atom stereocenters. The van der Waals surface area contributed by atoms with E-state index >= 15 is 0 Å². The van der Waals surface area contributed by atoms with Crippen molar-refractivity contribution in [3.05, 3.63) is 24.0 Å². The molecule has 1 saturated carbocycles.